The molecule has 1 unspecified atom stereocenters. The zero-order chi connectivity index (χ0) is 11.4. The Balaban J connectivity index is 2.73. The van der Waals surface area contributed by atoms with Gasteiger partial charge in [-0.3, -0.25) is 4.79 Å². The first-order valence-corrected chi connectivity index (χ1v) is 5.15. The van der Waals surface area contributed by atoms with E-state index in [1.165, 1.54) is 18.2 Å². The van der Waals surface area contributed by atoms with E-state index >= 15 is 0 Å². The van der Waals surface area contributed by atoms with Gasteiger partial charge in [-0.1, -0.05) is 22.0 Å². The van der Waals surface area contributed by atoms with Gasteiger partial charge in [-0.25, -0.2) is 4.39 Å². The summed E-state index contributed by atoms with van der Waals surface area (Å²) in [7, 11) is 0. The summed E-state index contributed by atoms with van der Waals surface area (Å²) in [5.74, 6) is -1.37. The molecule has 0 spiro atoms. The zero-order valence-corrected chi connectivity index (χ0v) is 9.37. The molecule has 0 bridgehead atoms. The van der Waals surface area contributed by atoms with Crippen molar-refractivity contribution in [2.75, 3.05) is 0 Å². The van der Waals surface area contributed by atoms with Crippen LogP contribution >= 0.6 is 15.9 Å². The molecular weight excluding hydrogens is 267 g/mol. The number of benzene rings is 1. The van der Waals surface area contributed by atoms with E-state index in [0.29, 0.717) is 10.0 Å². The van der Waals surface area contributed by atoms with Gasteiger partial charge in [-0.05, 0) is 24.1 Å². The third-order valence-electron chi connectivity index (χ3n) is 1.95. The van der Waals surface area contributed by atoms with E-state index < -0.39 is 17.9 Å². The number of carbonyl (C=O) groups is 1. The van der Waals surface area contributed by atoms with E-state index in [4.69, 9.17) is 5.11 Å². The molecule has 0 aromatic heterocycles. The smallest absolute Gasteiger partial charge is 0.303 e. The number of rotatable bonds is 4. The van der Waals surface area contributed by atoms with Crippen molar-refractivity contribution in [1.29, 1.82) is 0 Å². The molecule has 1 aromatic carbocycles. The van der Waals surface area contributed by atoms with Crippen molar-refractivity contribution in [2.24, 2.45) is 0 Å². The van der Waals surface area contributed by atoms with Crippen molar-refractivity contribution in [2.45, 2.75) is 18.9 Å². The minimum atomic E-state index is -0.965. The highest BCUT2D eigenvalue weighted by Crippen LogP contribution is 2.27. The molecule has 1 aromatic rings. The standard InChI is InChI=1S/C10H10BrFO3/c11-8-5-6(12)1-2-7(8)9(13)3-4-10(14)15/h1-2,5,9,13H,3-4H2,(H,14,15). The van der Waals surface area contributed by atoms with E-state index in [-0.39, 0.29) is 12.8 Å². The summed E-state index contributed by atoms with van der Waals surface area (Å²) in [5, 5.41) is 18.1. The van der Waals surface area contributed by atoms with Crippen LogP contribution in [-0.4, -0.2) is 16.2 Å². The lowest BCUT2D eigenvalue weighted by Gasteiger charge is -2.11. The van der Waals surface area contributed by atoms with Gasteiger partial charge in [0.2, 0.25) is 0 Å². The van der Waals surface area contributed by atoms with Crippen LogP contribution in [0.5, 0.6) is 0 Å². The molecular formula is C10H10BrFO3. The first-order valence-electron chi connectivity index (χ1n) is 4.35. The van der Waals surface area contributed by atoms with E-state index in [1.807, 2.05) is 0 Å². The summed E-state index contributed by atoms with van der Waals surface area (Å²) >= 11 is 3.11. The number of aliphatic carboxylic acids is 1. The third kappa shape index (κ3) is 3.60. The van der Waals surface area contributed by atoms with Crippen molar-refractivity contribution in [3.63, 3.8) is 0 Å². The largest absolute Gasteiger partial charge is 0.481 e. The van der Waals surface area contributed by atoms with Gasteiger partial charge in [0.05, 0.1) is 6.10 Å². The molecule has 0 aliphatic rings. The molecule has 0 heterocycles. The van der Waals surface area contributed by atoms with Crippen molar-refractivity contribution < 1.29 is 19.4 Å². The third-order valence-corrected chi connectivity index (χ3v) is 2.64. The van der Waals surface area contributed by atoms with E-state index in [1.54, 1.807) is 0 Å². The van der Waals surface area contributed by atoms with Crippen molar-refractivity contribution >= 4 is 21.9 Å². The number of hydrogen-bond acceptors (Lipinski definition) is 2. The molecule has 0 saturated carbocycles. The molecule has 1 rings (SSSR count). The topological polar surface area (TPSA) is 57.5 Å². The lowest BCUT2D eigenvalue weighted by Crippen LogP contribution is -2.03. The highest BCUT2D eigenvalue weighted by molar-refractivity contribution is 9.10. The van der Waals surface area contributed by atoms with E-state index in [2.05, 4.69) is 15.9 Å². The Morgan fingerprint density at radius 1 is 1.53 bits per heavy atom. The highest BCUT2D eigenvalue weighted by Gasteiger charge is 2.13. The summed E-state index contributed by atoms with van der Waals surface area (Å²) in [5.41, 5.74) is 0.498. The van der Waals surface area contributed by atoms with Crippen LogP contribution in [0.3, 0.4) is 0 Å². The molecule has 0 amide bonds. The molecule has 0 aliphatic heterocycles. The van der Waals surface area contributed by atoms with Crippen molar-refractivity contribution in [1.82, 2.24) is 0 Å². The minimum Gasteiger partial charge on any atom is -0.481 e. The summed E-state index contributed by atoms with van der Waals surface area (Å²) in [6.07, 6.45) is -0.902. The Hall–Kier alpha value is -0.940. The van der Waals surface area contributed by atoms with Crippen LogP contribution in [-0.2, 0) is 4.79 Å². The first-order chi connectivity index (χ1) is 7.00. The fourth-order valence-electron chi connectivity index (χ4n) is 1.19. The normalized spacial score (nSPS) is 12.5. The van der Waals surface area contributed by atoms with E-state index in [0.717, 1.165) is 0 Å². The second kappa shape index (κ2) is 5.23. The van der Waals surface area contributed by atoms with Gasteiger partial charge in [0.15, 0.2) is 0 Å². The summed E-state index contributed by atoms with van der Waals surface area (Å²) in [4.78, 5) is 10.3. The van der Waals surface area contributed by atoms with Crippen LogP contribution in [0.2, 0.25) is 0 Å². The monoisotopic (exact) mass is 276 g/mol. The number of hydrogen-bond donors (Lipinski definition) is 2. The van der Waals surface area contributed by atoms with Crippen LogP contribution < -0.4 is 0 Å². The quantitative estimate of drug-likeness (QED) is 0.888. The summed E-state index contributed by atoms with van der Waals surface area (Å²) < 4.78 is 13.2. The SMILES string of the molecule is O=C(O)CCC(O)c1ccc(F)cc1Br. The highest BCUT2D eigenvalue weighted by atomic mass is 79.9. The van der Waals surface area contributed by atoms with Gasteiger partial charge in [0.25, 0.3) is 0 Å². The van der Waals surface area contributed by atoms with Crippen molar-refractivity contribution in [3.05, 3.63) is 34.1 Å². The van der Waals surface area contributed by atoms with Crippen LogP contribution in [0.25, 0.3) is 0 Å². The molecule has 1 atom stereocenters. The van der Waals surface area contributed by atoms with Crippen LogP contribution in [0.4, 0.5) is 4.39 Å². The summed E-state index contributed by atoms with van der Waals surface area (Å²) in [6, 6.07) is 3.90. The van der Waals surface area contributed by atoms with Crippen molar-refractivity contribution in [3.8, 4) is 0 Å². The van der Waals surface area contributed by atoms with E-state index in [9.17, 15) is 14.3 Å². The molecule has 0 radical (unpaired) electrons. The summed E-state index contributed by atoms with van der Waals surface area (Å²) in [6.45, 7) is 0. The molecule has 0 aliphatic carbocycles. The molecule has 0 fully saturated rings. The molecule has 2 N–H and O–H groups in total. The number of carboxylic acids is 1. The average molecular weight is 277 g/mol. The Morgan fingerprint density at radius 2 is 2.20 bits per heavy atom. The minimum absolute atomic E-state index is 0.111. The maximum absolute atomic E-state index is 12.7. The lowest BCUT2D eigenvalue weighted by molar-refractivity contribution is -0.137. The molecule has 15 heavy (non-hydrogen) atoms. The fraction of sp³-hybridized carbons (Fsp3) is 0.300. The van der Waals surface area contributed by atoms with Gasteiger partial charge in [0.1, 0.15) is 5.82 Å². The Bertz CT molecular complexity index is 368. The first kappa shape index (κ1) is 12.1. The fourth-order valence-corrected chi connectivity index (χ4v) is 1.80. The second-order valence-electron chi connectivity index (χ2n) is 3.11. The number of aliphatic hydroxyl groups excluding tert-OH is 1. The number of halogens is 2. The van der Waals surface area contributed by atoms with Crippen LogP contribution in [0, 0.1) is 5.82 Å². The number of aliphatic hydroxyl groups is 1. The molecule has 0 saturated heterocycles. The van der Waals surface area contributed by atoms with Gasteiger partial charge < -0.3 is 10.2 Å². The van der Waals surface area contributed by atoms with Crippen LogP contribution in [0.15, 0.2) is 22.7 Å². The predicted octanol–water partition coefficient (Wildman–Crippen LogP) is 2.49. The zero-order valence-electron chi connectivity index (χ0n) is 7.78. The van der Waals surface area contributed by atoms with Crippen LogP contribution in [0.1, 0.15) is 24.5 Å². The molecule has 82 valence electrons. The predicted molar refractivity (Wildman–Crippen MR) is 55.9 cm³/mol. The van der Waals surface area contributed by atoms with Gasteiger partial charge in [-0.15, -0.1) is 0 Å². The van der Waals surface area contributed by atoms with Gasteiger partial charge in [0, 0.05) is 10.9 Å². The maximum Gasteiger partial charge on any atom is 0.303 e. The average Bonchev–Trinajstić information content (AvgIpc) is 2.14. The number of carboxylic acid groups (broad SMARTS) is 1. The van der Waals surface area contributed by atoms with Gasteiger partial charge >= 0.3 is 5.97 Å². The second-order valence-corrected chi connectivity index (χ2v) is 3.97. The molecule has 5 heteroatoms. The maximum atomic E-state index is 12.7. The van der Waals surface area contributed by atoms with Gasteiger partial charge in [-0.2, -0.15) is 0 Å². The Kier molecular flexibility index (Phi) is 4.23. The lowest BCUT2D eigenvalue weighted by atomic mass is 10.1. The molecule has 3 nitrogen and oxygen atoms in total. The Labute approximate surface area is 94.7 Å². The Morgan fingerprint density at radius 3 is 2.73 bits per heavy atom.